The van der Waals surface area contributed by atoms with Gasteiger partial charge in [0.05, 0.1) is 5.52 Å². The standard InChI is InChI=1S/C31H32N2O4/c1-21(2)18-33(22-10-14-25(15-11-22)37-26-16-12-23(34)13-17-26)19-24(35)20-36-30-9-5-8-29-31(30)27-6-3-4-7-28(27)32-29/h3-17,21,24,32,34-35H,18-20H2,1-2H3/t24-/m0/s1. The van der Waals surface area contributed by atoms with Crippen LogP contribution in [0.2, 0.25) is 0 Å². The van der Waals surface area contributed by atoms with Crippen molar-refractivity contribution in [3.8, 4) is 23.0 Å². The molecule has 6 heteroatoms. The Morgan fingerprint density at radius 3 is 2.19 bits per heavy atom. The van der Waals surface area contributed by atoms with Gasteiger partial charge in [0.2, 0.25) is 0 Å². The SMILES string of the molecule is CC(C)CN(C[C@H](O)COc1cccc2[nH]c3ccccc3c12)c1ccc(Oc2ccc(O)cc2)cc1. The Morgan fingerprint density at radius 2 is 1.46 bits per heavy atom. The average molecular weight is 497 g/mol. The number of hydrogen-bond acceptors (Lipinski definition) is 5. The number of ether oxygens (including phenoxy) is 2. The van der Waals surface area contributed by atoms with Gasteiger partial charge in [-0.05, 0) is 72.6 Å². The van der Waals surface area contributed by atoms with Gasteiger partial charge in [0, 0.05) is 35.1 Å². The van der Waals surface area contributed by atoms with Crippen molar-refractivity contribution in [3.05, 3.63) is 91.0 Å². The van der Waals surface area contributed by atoms with Crippen LogP contribution < -0.4 is 14.4 Å². The number of aromatic nitrogens is 1. The lowest BCUT2D eigenvalue weighted by Crippen LogP contribution is -2.37. The third-order valence-corrected chi connectivity index (χ3v) is 6.21. The van der Waals surface area contributed by atoms with Gasteiger partial charge < -0.3 is 29.6 Å². The second-order valence-electron chi connectivity index (χ2n) is 9.70. The van der Waals surface area contributed by atoms with Crippen LogP contribution in [0, 0.1) is 5.92 Å². The third-order valence-electron chi connectivity index (χ3n) is 6.21. The number of anilines is 1. The number of phenolic OH excluding ortho intramolecular Hbond substituents is 1. The van der Waals surface area contributed by atoms with Crippen LogP contribution in [0.25, 0.3) is 21.8 Å². The zero-order valence-electron chi connectivity index (χ0n) is 21.1. The van der Waals surface area contributed by atoms with E-state index in [1.54, 1.807) is 24.3 Å². The first kappa shape index (κ1) is 24.5. The molecule has 0 unspecified atom stereocenters. The van der Waals surface area contributed by atoms with Crippen molar-refractivity contribution in [2.24, 2.45) is 5.92 Å². The Bertz CT molecular complexity index is 1460. The molecule has 6 nitrogen and oxygen atoms in total. The summed E-state index contributed by atoms with van der Waals surface area (Å²) in [5.74, 6) is 2.74. The first-order valence-corrected chi connectivity index (χ1v) is 12.6. The molecule has 5 aromatic rings. The zero-order chi connectivity index (χ0) is 25.8. The predicted molar refractivity (Wildman–Crippen MR) is 149 cm³/mol. The maximum absolute atomic E-state index is 10.9. The maximum atomic E-state index is 10.9. The molecule has 1 heterocycles. The number of fused-ring (bicyclic) bond motifs is 3. The monoisotopic (exact) mass is 496 g/mol. The molecule has 0 amide bonds. The van der Waals surface area contributed by atoms with Crippen LogP contribution >= 0.6 is 0 Å². The van der Waals surface area contributed by atoms with Gasteiger partial charge in [0.15, 0.2) is 0 Å². The number of para-hydroxylation sites is 1. The number of aliphatic hydroxyl groups excluding tert-OH is 1. The summed E-state index contributed by atoms with van der Waals surface area (Å²) in [5, 5.41) is 22.5. The number of aliphatic hydroxyl groups is 1. The van der Waals surface area contributed by atoms with Crippen molar-refractivity contribution >= 4 is 27.5 Å². The van der Waals surface area contributed by atoms with E-state index in [0.717, 1.165) is 39.8 Å². The van der Waals surface area contributed by atoms with Gasteiger partial charge in [-0.1, -0.05) is 38.1 Å². The third kappa shape index (κ3) is 5.81. The minimum atomic E-state index is -0.674. The van der Waals surface area contributed by atoms with Crippen LogP contribution in [0.15, 0.2) is 91.0 Å². The van der Waals surface area contributed by atoms with E-state index >= 15 is 0 Å². The number of hydrogen-bond donors (Lipinski definition) is 3. The number of aromatic hydroxyl groups is 1. The molecule has 0 saturated heterocycles. The molecule has 0 aliphatic rings. The molecule has 0 spiro atoms. The minimum Gasteiger partial charge on any atom is -0.508 e. The summed E-state index contributed by atoms with van der Waals surface area (Å²) in [5.41, 5.74) is 3.09. The highest BCUT2D eigenvalue weighted by atomic mass is 16.5. The molecule has 0 radical (unpaired) electrons. The summed E-state index contributed by atoms with van der Waals surface area (Å²) in [7, 11) is 0. The summed E-state index contributed by atoms with van der Waals surface area (Å²) < 4.78 is 12.0. The molecule has 0 aliphatic heterocycles. The predicted octanol–water partition coefficient (Wildman–Crippen LogP) is 6.72. The molecule has 0 bridgehead atoms. The van der Waals surface area contributed by atoms with Gasteiger partial charge in [-0.3, -0.25) is 0 Å². The lowest BCUT2D eigenvalue weighted by Gasteiger charge is -2.29. The van der Waals surface area contributed by atoms with E-state index in [0.29, 0.717) is 24.0 Å². The van der Waals surface area contributed by atoms with E-state index in [1.807, 2.05) is 54.6 Å². The molecule has 3 N–H and O–H groups in total. The fraction of sp³-hybridized carbons (Fsp3) is 0.226. The van der Waals surface area contributed by atoms with Gasteiger partial charge in [-0.25, -0.2) is 0 Å². The van der Waals surface area contributed by atoms with E-state index in [1.165, 1.54) is 0 Å². The molecule has 0 saturated carbocycles. The second-order valence-corrected chi connectivity index (χ2v) is 9.70. The maximum Gasteiger partial charge on any atom is 0.129 e. The molecule has 1 aromatic heterocycles. The van der Waals surface area contributed by atoms with E-state index in [4.69, 9.17) is 9.47 Å². The number of benzene rings is 4. The average Bonchev–Trinajstić information content (AvgIpc) is 3.28. The van der Waals surface area contributed by atoms with Crippen LogP contribution in [0.5, 0.6) is 23.0 Å². The quantitative estimate of drug-likeness (QED) is 0.200. The number of nitrogens with zero attached hydrogens (tertiary/aromatic N) is 1. The van der Waals surface area contributed by atoms with Crippen LogP contribution in [-0.2, 0) is 0 Å². The van der Waals surface area contributed by atoms with Crippen LogP contribution in [0.1, 0.15) is 13.8 Å². The highest BCUT2D eigenvalue weighted by Crippen LogP contribution is 2.33. The number of nitrogens with one attached hydrogen (secondary N) is 1. The summed E-state index contributed by atoms with van der Waals surface area (Å²) >= 11 is 0. The van der Waals surface area contributed by atoms with Crippen molar-refractivity contribution < 1.29 is 19.7 Å². The van der Waals surface area contributed by atoms with Crippen molar-refractivity contribution in [2.75, 3.05) is 24.6 Å². The van der Waals surface area contributed by atoms with Gasteiger partial charge in [-0.2, -0.15) is 0 Å². The molecule has 0 fully saturated rings. The summed E-state index contributed by atoms with van der Waals surface area (Å²) in [6.07, 6.45) is -0.674. The Kier molecular flexibility index (Phi) is 7.19. The normalized spacial score (nSPS) is 12.2. The Balaban J connectivity index is 1.26. The number of rotatable bonds is 10. The molecular weight excluding hydrogens is 464 g/mol. The Labute approximate surface area is 216 Å². The molecule has 4 aromatic carbocycles. The van der Waals surface area contributed by atoms with Crippen molar-refractivity contribution in [3.63, 3.8) is 0 Å². The molecule has 190 valence electrons. The highest BCUT2D eigenvalue weighted by Gasteiger charge is 2.16. The van der Waals surface area contributed by atoms with Crippen molar-refractivity contribution in [2.45, 2.75) is 20.0 Å². The minimum absolute atomic E-state index is 0.190. The van der Waals surface area contributed by atoms with Gasteiger partial charge in [-0.15, -0.1) is 0 Å². The highest BCUT2D eigenvalue weighted by molar-refractivity contribution is 6.10. The smallest absolute Gasteiger partial charge is 0.129 e. The van der Waals surface area contributed by atoms with E-state index in [9.17, 15) is 10.2 Å². The number of aromatic amines is 1. The largest absolute Gasteiger partial charge is 0.508 e. The molecule has 37 heavy (non-hydrogen) atoms. The van der Waals surface area contributed by atoms with Gasteiger partial charge in [0.1, 0.15) is 35.7 Å². The summed E-state index contributed by atoms with van der Waals surface area (Å²) in [6, 6.07) is 28.6. The first-order chi connectivity index (χ1) is 18.0. The fourth-order valence-corrected chi connectivity index (χ4v) is 4.58. The zero-order valence-corrected chi connectivity index (χ0v) is 21.1. The van der Waals surface area contributed by atoms with E-state index < -0.39 is 6.10 Å². The number of phenols is 1. The Hall–Kier alpha value is -4.16. The summed E-state index contributed by atoms with van der Waals surface area (Å²) in [6.45, 7) is 5.76. The molecule has 5 rings (SSSR count). The molecule has 0 aliphatic carbocycles. The lowest BCUT2D eigenvalue weighted by molar-refractivity contribution is 0.112. The number of H-pyrrole nitrogens is 1. The van der Waals surface area contributed by atoms with Crippen molar-refractivity contribution in [1.82, 2.24) is 4.98 Å². The fourth-order valence-electron chi connectivity index (χ4n) is 4.58. The van der Waals surface area contributed by atoms with Gasteiger partial charge >= 0.3 is 0 Å². The summed E-state index contributed by atoms with van der Waals surface area (Å²) in [4.78, 5) is 5.61. The van der Waals surface area contributed by atoms with Crippen LogP contribution in [-0.4, -0.2) is 41.0 Å². The second kappa shape index (κ2) is 10.8. The molecule has 1 atom stereocenters. The van der Waals surface area contributed by atoms with Gasteiger partial charge in [0.25, 0.3) is 0 Å². The lowest BCUT2D eigenvalue weighted by atomic mass is 10.1. The van der Waals surface area contributed by atoms with E-state index in [-0.39, 0.29) is 12.4 Å². The van der Waals surface area contributed by atoms with Crippen molar-refractivity contribution in [1.29, 1.82) is 0 Å². The Morgan fingerprint density at radius 1 is 0.784 bits per heavy atom. The van der Waals surface area contributed by atoms with Crippen LogP contribution in [0.3, 0.4) is 0 Å². The van der Waals surface area contributed by atoms with E-state index in [2.05, 4.69) is 35.9 Å². The molecular formula is C31H32N2O4. The van der Waals surface area contributed by atoms with Crippen LogP contribution in [0.4, 0.5) is 5.69 Å². The topological polar surface area (TPSA) is 78.0 Å². The first-order valence-electron chi connectivity index (χ1n) is 12.6.